The number of hydrogen-bond acceptors (Lipinski definition) is 1. The zero-order valence-corrected chi connectivity index (χ0v) is 8.57. The lowest BCUT2D eigenvalue weighted by atomic mass is 10.3. The summed E-state index contributed by atoms with van der Waals surface area (Å²) in [6.07, 6.45) is 12.2. The second-order valence-electron chi connectivity index (χ2n) is 2.51. The maximum atomic E-state index is 5.48. The molecule has 0 N–H and O–H groups in total. The third-order valence-corrected chi connectivity index (χ3v) is 1.31. The molecule has 1 heteroatoms. The zero-order chi connectivity index (χ0) is 10.8. The van der Waals surface area contributed by atoms with E-state index < -0.39 is 0 Å². The fourth-order valence-corrected chi connectivity index (χ4v) is 0.789. The van der Waals surface area contributed by atoms with Gasteiger partial charge in [0.25, 0.3) is 0 Å². The molecule has 0 aliphatic heterocycles. The van der Waals surface area contributed by atoms with E-state index >= 15 is 0 Å². The van der Waals surface area contributed by atoms with E-state index in [0.29, 0.717) is 0 Å². The minimum absolute atomic E-state index is 0.718. The lowest BCUT2D eigenvalue weighted by Crippen LogP contribution is -1.86. The highest BCUT2D eigenvalue weighted by Crippen LogP contribution is 2.07. The highest BCUT2D eigenvalue weighted by Gasteiger charge is 1.92. The summed E-state index contributed by atoms with van der Waals surface area (Å²) in [6, 6.07) is 0. The van der Waals surface area contributed by atoms with Crippen molar-refractivity contribution in [3.8, 4) is 0 Å². The van der Waals surface area contributed by atoms with E-state index in [0.717, 1.165) is 11.5 Å². The van der Waals surface area contributed by atoms with Gasteiger partial charge in [-0.2, -0.15) is 0 Å². The Morgan fingerprint density at radius 3 is 2.14 bits per heavy atom. The highest BCUT2D eigenvalue weighted by molar-refractivity contribution is 5.22. The van der Waals surface area contributed by atoms with Crippen LogP contribution in [0.4, 0.5) is 0 Å². The van der Waals surface area contributed by atoms with Gasteiger partial charge in [-0.25, -0.2) is 0 Å². The molecule has 0 aromatic heterocycles. The summed E-state index contributed by atoms with van der Waals surface area (Å²) < 4.78 is 5.48. The predicted octanol–water partition coefficient (Wildman–Crippen LogP) is 3.90. The maximum Gasteiger partial charge on any atom is 0.126 e. The Balaban J connectivity index is 4.53. The Hall–Kier alpha value is -1.76. The normalized spacial score (nSPS) is 12.6. The maximum absolute atomic E-state index is 5.48. The van der Waals surface area contributed by atoms with Gasteiger partial charge < -0.3 is 4.74 Å². The van der Waals surface area contributed by atoms with Gasteiger partial charge in [0.2, 0.25) is 0 Å². The van der Waals surface area contributed by atoms with Gasteiger partial charge in [0.15, 0.2) is 0 Å². The number of ether oxygens (including phenoxy) is 1. The first-order chi connectivity index (χ1) is 6.74. The summed E-state index contributed by atoms with van der Waals surface area (Å²) in [7, 11) is 0. The molecule has 0 atom stereocenters. The van der Waals surface area contributed by atoms with E-state index in [-0.39, 0.29) is 0 Å². The summed E-state index contributed by atoms with van der Waals surface area (Å²) in [4.78, 5) is 0. The van der Waals surface area contributed by atoms with Crippen LogP contribution in [0.15, 0.2) is 73.8 Å². The van der Waals surface area contributed by atoms with Gasteiger partial charge in [0.05, 0.1) is 0 Å². The van der Waals surface area contributed by atoms with E-state index in [4.69, 9.17) is 4.74 Å². The largest absolute Gasteiger partial charge is 0.462 e. The van der Waals surface area contributed by atoms with Crippen LogP contribution < -0.4 is 0 Å². The van der Waals surface area contributed by atoms with Gasteiger partial charge in [-0.05, 0) is 25.2 Å². The molecule has 74 valence electrons. The van der Waals surface area contributed by atoms with Crippen LogP contribution in [-0.2, 0) is 4.74 Å². The lowest BCUT2D eigenvalue weighted by Gasteiger charge is -2.04. The van der Waals surface area contributed by atoms with Crippen molar-refractivity contribution in [3.05, 3.63) is 73.8 Å². The third kappa shape index (κ3) is 5.84. The summed E-state index contributed by atoms with van der Waals surface area (Å²) >= 11 is 0. The van der Waals surface area contributed by atoms with Crippen LogP contribution in [0, 0.1) is 0 Å². The average molecular weight is 188 g/mol. The van der Waals surface area contributed by atoms with Crippen LogP contribution in [0.25, 0.3) is 0 Å². The number of allylic oxidation sites excluding steroid dienone is 8. The molecule has 0 unspecified atom stereocenters. The summed E-state index contributed by atoms with van der Waals surface area (Å²) in [5.74, 6) is 1.50. The van der Waals surface area contributed by atoms with Crippen molar-refractivity contribution in [2.75, 3.05) is 0 Å². The van der Waals surface area contributed by atoms with Crippen molar-refractivity contribution < 1.29 is 4.74 Å². The average Bonchev–Trinajstić information content (AvgIpc) is 2.15. The molecule has 0 saturated carbocycles. The molecule has 0 fully saturated rings. The van der Waals surface area contributed by atoms with E-state index in [1.54, 1.807) is 36.5 Å². The molecule has 0 aromatic carbocycles. The summed E-state index contributed by atoms with van der Waals surface area (Å²) in [5.41, 5.74) is 0. The molecular weight excluding hydrogens is 172 g/mol. The van der Waals surface area contributed by atoms with Crippen molar-refractivity contribution in [2.45, 2.75) is 6.92 Å². The van der Waals surface area contributed by atoms with Crippen LogP contribution in [0.1, 0.15) is 6.92 Å². The van der Waals surface area contributed by atoms with Gasteiger partial charge in [-0.15, -0.1) is 0 Å². The fourth-order valence-electron chi connectivity index (χ4n) is 0.789. The van der Waals surface area contributed by atoms with Crippen LogP contribution in [-0.4, -0.2) is 0 Å². The molecule has 0 spiro atoms. The van der Waals surface area contributed by atoms with E-state index in [9.17, 15) is 0 Å². The van der Waals surface area contributed by atoms with Crippen LogP contribution in [0.2, 0.25) is 0 Å². The summed E-state index contributed by atoms with van der Waals surface area (Å²) in [6.45, 7) is 12.6. The van der Waals surface area contributed by atoms with Crippen molar-refractivity contribution in [1.82, 2.24) is 0 Å². The van der Waals surface area contributed by atoms with Crippen molar-refractivity contribution in [2.24, 2.45) is 0 Å². The molecule has 0 bridgehead atoms. The van der Waals surface area contributed by atoms with E-state index in [1.165, 1.54) is 0 Å². The van der Waals surface area contributed by atoms with Gasteiger partial charge in [0.1, 0.15) is 11.5 Å². The number of hydrogen-bond donors (Lipinski definition) is 0. The minimum Gasteiger partial charge on any atom is -0.462 e. The molecule has 0 aromatic rings. The molecule has 0 rings (SSSR count). The van der Waals surface area contributed by atoms with Crippen molar-refractivity contribution >= 4 is 0 Å². The van der Waals surface area contributed by atoms with Crippen LogP contribution in [0.5, 0.6) is 0 Å². The van der Waals surface area contributed by atoms with Crippen LogP contribution in [0.3, 0.4) is 0 Å². The summed E-state index contributed by atoms with van der Waals surface area (Å²) in [5, 5.41) is 0. The molecule has 0 heterocycles. The van der Waals surface area contributed by atoms with E-state index in [1.807, 2.05) is 13.0 Å². The van der Waals surface area contributed by atoms with Crippen molar-refractivity contribution in [1.29, 1.82) is 0 Å². The fraction of sp³-hybridized carbons (Fsp3) is 0.0769. The first kappa shape index (κ1) is 12.2. The Morgan fingerprint density at radius 2 is 1.64 bits per heavy atom. The lowest BCUT2D eigenvalue weighted by molar-refractivity contribution is 0.322. The first-order valence-electron chi connectivity index (χ1n) is 4.33. The second kappa shape index (κ2) is 7.87. The third-order valence-electron chi connectivity index (χ3n) is 1.31. The Bertz CT molecular complexity index is 290. The quantitative estimate of drug-likeness (QED) is 0.453. The smallest absolute Gasteiger partial charge is 0.126 e. The second-order valence-corrected chi connectivity index (χ2v) is 2.51. The molecule has 0 radical (unpaired) electrons. The zero-order valence-electron chi connectivity index (χ0n) is 8.57. The standard InChI is InChI=1S/C13H16O/c1-5-8-11-13(10-7-3)14-12(4)9-6-2/h5-11H,1-3H2,4H3/b11-8-,12-9+,13-10+. The van der Waals surface area contributed by atoms with Crippen molar-refractivity contribution in [3.63, 3.8) is 0 Å². The molecule has 0 saturated heterocycles. The Kier molecular flexibility index (Phi) is 6.88. The molecule has 0 aliphatic rings. The predicted molar refractivity (Wildman–Crippen MR) is 62.7 cm³/mol. The van der Waals surface area contributed by atoms with Gasteiger partial charge >= 0.3 is 0 Å². The monoisotopic (exact) mass is 188 g/mol. The Morgan fingerprint density at radius 1 is 1.00 bits per heavy atom. The highest BCUT2D eigenvalue weighted by atomic mass is 16.5. The topological polar surface area (TPSA) is 9.23 Å². The molecular formula is C13H16O. The number of rotatable bonds is 6. The first-order valence-corrected chi connectivity index (χ1v) is 4.33. The van der Waals surface area contributed by atoms with E-state index in [2.05, 4.69) is 19.7 Å². The molecule has 14 heavy (non-hydrogen) atoms. The van der Waals surface area contributed by atoms with Gasteiger partial charge in [0, 0.05) is 0 Å². The Labute approximate surface area is 86.1 Å². The van der Waals surface area contributed by atoms with Gasteiger partial charge in [-0.3, -0.25) is 0 Å². The molecule has 0 amide bonds. The minimum atomic E-state index is 0.718. The SMILES string of the molecule is C=C/C=C\C(=C/C=C)O/C(C)=C/C=C. The molecule has 1 nitrogen and oxygen atoms in total. The van der Waals surface area contributed by atoms with Crippen LogP contribution >= 0.6 is 0 Å². The molecule has 0 aliphatic carbocycles. The van der Waals surface area contributed by atoms with Gasteiger partial charge in [-0.1, -0.05) is 44.0 Å².